The van der Waals surface area contributed by atoms with Gasteiger partial charge in [-0.25, -0.2) is 4.79 Å². The third-order valence-electron chi connectivity index (χ3n) is 5.54. The van der Waals surface area contributed by atoms with Crippen molar-refractivity contribution in [1.82, 2.24) is 4.90 Å². The lowest BCUT2D eigenvalue weighted by Gasteiger charge is -2.49. The second kappa shape index (κ2) is 5.96. The van der Waals surface area contributed by atoms with Crippen molar-refractivity contribution in [1.29, 1.82) is 0 Å². The van der Waals surface area contributed by atoms with Crippen molar-refractivity contribution >= 4 is 11.9 Å². The number of carboxylic acid groups (broad SMARTS) is 1. The second-order valence-electron chi connectivity index (χ2n) is 6.75. The normalized spacial score (nSPS) is 37.7. The number of nitrogens with zero attached hydrogens (tertiary/aromatic N) is 1. The van der Waals surface area contributed by atoms with Gasteiger partial charge in [0, 0.05) is 6.54 Å². The largest absolute Gasteiger partial charge is 0.479 e. The molecule has 23 heavy (non-hydrogen) atoms. The van der Waals surface area contributed by atoms with E-state index in [1.165, 1.54) is 4.90 Å². The molecule has 1 saturated heterocycles. The minimum Gasteiger partial charge on any atom is -0.479 e. The molecule has 3 aliphatic carbocycles. The van der Waals surface area contributed by atoms with Crippen LogP contribution in [0.25, 0.3) is 0 Å². The zero-order chi connectivity index (χ0) is 16.8. The molecular formula is C15H20F3NO4. The van der Waals surface area contributed by atoms with Crippen molar-refractivity contribution in [3.05, 3.63) is 0 Å². The Morgan fingerprint density at radius 3 is 2.26 bits per heavy atom. The Morgan fingerprint density at radius 2 is 1.70 bits per heavy atom. The van der Waals surface area contributed by atoms with Gasteiger partial charge in [-0.3, -0.25) is 4.79 Å². The van der Waals surface area contributed by atoms with Crippen molar-refractivity contribution in [2.75, 3.05) is 19.7 Å². The van der Waals surface area contributed by atoms with Crippen LogP contribution in [0.4, 0.5) is 13.2 Å². The first kappa shape index (κ1) is 16.5. The van der Waals surface area contributed by atoms with E-state index >= 15 is 0 Å². The Labute approximate surface area is 131 Å². The third-order valence-corrected chi connectivity index (χ3v) is 5.54. The predicted octanol–water partition coefficient (Wildman–Crippen LogP) is 1.91. The number of ether oxygens (including phenoxy) is 1. The van der Waals surface area contributed by atoms with Crippen molar-refractivity contribution in [3.63, 3.8) is 0 Å². The number of carbonyl (C=O) groups is 2. The number of fused-ring (bicyclic) bond motifs is 3. The van der Waals surface area contributed by atoms with Crippen LogP contribution in [0.5, 0.6) is 0 Å². The van der Waals surface area contributed by atoms with Crippen LogP contribution in [0.15, 0.2) is 0 Å². The zero-order valence-corrected chi connectivity index (χ0v) is 12.6. The average molecular weight is 335 g/mol. The van der Waals surface area contributed by atoms with E-state index in [1.807, 2.05) is 0 Å². The molecule has 3 atom stereocenters. The summed E-state index contributed by atoms with van der Waals surface area (Å²) in [5, 5.41) is 8.99. The molecule has 1 amide bonds. The highest BCUT2D eigenvalue weighted by molar-refractivity contribution is 5.81. The monoisotopic (exact) mass is 335 g/mol. The number of rotatable bonds is 2. The summed E-state index contributed by atoms with van der Waals surface area (Å²) in [7, 11) is 0. The third kappa shape index (κ3) is 3.05. The first-order valence-corrected chi connectivity index (χ1v) is 7.99. The number of morpholine rings is 1. The number of halogens is 3. The zero-order valence-electron chi connectivity index (χ0n) is 12.6. The minimum atomic E-state index is -4.39. The highest BCUT2D eigenvalue weighted by Crippen LogP contribution is 2.55. The molecule has 4 fully saturated rings. The fourth-order valence-electron chi connectivity index (χ4n) is 4.49. The van der Waals surface area contributed by atoms with Gasteiger partial charge >= 0.3 is 12.1 Å². The number of amides is 1. The summed E-state index contributed by atoms with van der Waals surface area (Å²) < 4.78 is 45.5. The predicted molar refractivity (Wildman–Crippen MR) is 72.4 cm³/mol. The molecule has 1 aliphatic heterocycles. The van der Waals surface area contributed by atoms with Gasteiger partial charge in [0.2, 0.25) is 5.91 Å². The van der Waals surface area contributed by atoms with Gasteiger partial charge in [0.25, 0.3) is 0 Å². The van der Waals surface area contributed by atoms with Crippen LogP contribution in [0.1, 0.15) is 25.7 Å². The molecule has 1 N–H and O–H groups in total. The number of aliphatic carboxylic acids is 1. The summed E-state index contributed by atoms with van der Waals surface area (Å²) in [6, 6.07) is 0. The van der Waals surface area contributed by atoms with E-state index < -0.39 is 41.9 Å². The Balaban J connectivity index is 1.80. The molecule has 5 nitrogen and oxygen atoms in total. The fraction of sp³-hybridized carbons (Fsp3) is 0.867. The Bertz CT molecular complexity index is 488. The van der Waals surface area contributed by atoms with Crippen molar-refractivity contribution in [3.8, 4) is 0 Å². The SMILES string of the molecule is O=C(O)C1CN(C(=O)[C@H]2C3CCC(CC3)[C@@H]2C(F)(F)F)CCO1. The van der Waals surface area contributed by atoms with Crippen molar-refractivity contribution in [2.24, 2.45) is 23.7 Å². The summed E-state index contributed by atoms with van der Waals surface area (Å²) in [6.07, 6.45) is -3.18. The highest BCUT2D eigenvalue weighted by Gasteiger charge is 2.58. The van der Waals surface area contributed by atoms with Gasteiger partial charge < -0.3 is 14.7 Å². The number of hydrogen-bond donors (Lipinski definition) is 1. The first-order valence-electron chi connectivity index (χ1n) is 7.99. The molecule has 0 spiro atoms. The van der Waals surface area contributed by atoms with E-state index in [0.717, 1.165) is 0 Å². The Kier molecular flexibility index (Phi) is 4.29. The first-order chi connectivity index (χ1) is 10.8. The van der Waals surface area contributed by atoms with E-state index in [9.17, 15) is 22.8 Å². The minimum absolute atomic E-state index is 0.0419. The Morgan fingerprint density at radius 1 is 1.09 bits per heavy atom. The summed E-state index contributed by atoms with van der Waals surface area (Å²) >= 11 is 0. The topological polar surface area (TPSA) is 66.8 Å². The van der Waals surface area contributed by atoms with Gasteiger partial charge in [-0.05, 0) is 37.5 Å². The summed E-state index contributed by atoms with van der Waals surface area (Å²) in [5.74, 6) is -5.12. The summed E-state index contributed by atoms with van der Waals surface area (Å²) in [5.41, 5.74) is 0. The van der Waals surface area contributed by atoms with E-state index in [1.54, 1.807) is 0 Å². The number of carbonyl (C=O) groups excluding carboxylic acids is 1. The maximum atomic E-state index is 13.5. The lowest BCUT2D eigenvalue weighted by Crippen LogP contribution is -2.57. The second-order valence-corrected chi connectivity index (χ2v) is 6.75. The fourth-order valence-corrected chi connectivity index (χ4v) is 4.49. The summed E-state index contributed by atoms with van der Waals surface area (Å²) in [6.45, 7) is 0.0217. The van der Waals surface area contributed by atoms with Gasteiger partial charge in [-0.2, -0.15) is 13.2 Å². The average Bonchev–Trinajstić information content (AvgIpc) is 2.53. The molecule has 4 rings (SSSR count). The molecule has 4 aliphatic rings. The molecule has 0 aromatic rings. The van der Waals surface area contributed by atoms with Crippen LogP contribution < -0.4 is 0 Å². The van der Waals surface area contributed by atoms with Gasteiger partial charge in [0.1, 0.15) is 0 Å². The van der Waals surface area contributed by atoms with Crippen LogP contribution in [0.3, 0.4) is 0 Å². The maximum absolute atomic E-state index is 13.5. The number of carboxylic acids is 1. The molecule has 0 aromatic carbocycles. The summed E-state index contributed by atoms with van der Waals surface area (Å²) in [4.78, 5) is 25.0. The number of alkyl halides is 3. The molecular weight excluding hydrogens is 315 g/mol. The van der Waals surface area contributed by atoms with Gasteiger partial charge in [0.15, 0.2) is 6.10 Å². The van der Waals surface area contributed by atoms with Crippen LogP contribution in [0, 0.1) is 23.7 Å². The van der Waals surface area contributed by atoms with Crippen LogP contribution >= 0.6 is 0 Å². The lowest BCUT2D eigenvalue weighted by atomic mass is 9.58. The maximum Gasteiger partial charge on any atom is 0.392 e. The van der Waals surface area contributed by atoms with Gasteiger partial charge in [0.05, 0.1) is 25.0 Å². The quantitative estimate of drug-likeness (QED) is 0.837. The van der Waals surface area contributed by atoms with E-state index in [4.69, 9.17) is 9.84 Å². The smallest absolute Gasteiger partial charge is 0.392 e. The van der Waals surface area contributed by atoms with Crippen molar-refractivity contribution in [2.45, 2.75) is 38.0 Å². The van der Waals surface area contributed by atoms with Gasteiger partial charge in [-0.1, -0.05) is 0 Å². The van der Waals surface area contributed by atoms with Gasteiger partial charge in [-0.15, -0.1) is 0 Å². The molecule has 130 valence electrons. The number of hydrogen-bond acceptors (Lipinski definition) is 3. The van der Waals surface area contributed by atoms with E-state index in [2.05, 4.69) is 0 Å². The van der Waals surface area contributed by atoms with E-state index in [0.29, 0.717) is 25.7 Å². The van der Waals surface area contributed by atoms with Crippen molar-refractivity contribution < 1.29 is 32.6 Å². The van der Waals surface area contributed by atoms with Crippen LogP contribution in [-0.4, -0.2) is 53.9 Å². The lowest BCUT2D eigenvalue weighted by molar-refractivity contribution is -0.232. The molecule has 1 unspecified atom stereocenters. The van der Waals surface area contributed by atoms with Crippen LogP contribution in [-0.2, 0) is 14.3 Å². The molecule has 1 heterocycles. The molecule has 2 bridgehead atoms. The Hall–Kier alpha value is -1.31. The van der Waals surface area contributed by atoms with E-state index in [-0.39, 0.29) is 25.6 Å². The molecule has 0 aromatic heterocycles. The molecule has 8 heteroatoms. The highest BCUT2D eigenvalue weighted by atomic mass is 19.4. The molecule has 0 radical (unpaired) electrons. The van der Waals surface area contributed by atoms with Crippen LogP contribution in [0.2, 0.25) is 0 Å². The standard InChI is InChI=1S/C15H20F3NO4/c16-15(17,18)12-9-3-1-8(2-4-9)11(12)13(20)19-5-6-23-10(7-19)14(21)22/h8-12H,1-7H2,(H,21,22)/t8?,9?,10?,11-,12-/m0/s1. The molecule has 3 saturated carbocycles.